The van der Waals surface area contributed by atoms with E-state index < -0.39 is 25.8 Å². The maximum absolute atomic E-state index is 7.41. The van der Waals surface area contributed by atoms with Gasteiger partial charge in [0.2, 0.25) is 0 Å². The van der Waals surface area contributed by atoms with Gasteiger partial charge in [0.1, 0.15) is 34.5 Å². The van der Waals surface area contributed by atoms with Crippen molar-refractivity contribution in [1.82, 2.24) is 0 Å². The Hall–Kier alpha value is -4.71. The van der Waals surface area contributed by atoms with Gasteiger partial charge in [0.25, 0.3) is 0 Å². The lowest BCUT2D eigenvalue weighted by Gasteiger charge is -2.33. The molecule has 0 aliphatic rings. The van der Waals surface area contributed by atoms with Crippen LogP contribution in [0.15, 0.2) is 109 Å². The molecule has 0 fully saturated rings. The topological polar surface area (TPSA) is 83.1 Å². The fourth-order valence-electron chi connectivity index (χ4n) is 20.3. The Bertz CT molecular complexity index is 3890. The molecule has 6 rings (SSSR count). The van der Waals surface area contributed by atoms with E-state index in [2.05, 4.69) is 241 Å². The average molecular weight is 2020 g/mol. The fraction of sp³-hybridized carbons (Fsp3) is 0.723. The predicted molar refractivity (Wildman–Crippen MR) is 622 cm³/mol. The SMILES string of the molecule is CCCCCCCCCCCCCCCCOP(Oc1ccc(CCCCCCCCC)cc1)Oc1cc(C)c(C(C)CC(c2cc(C(C)(C)C)c(OP(OCCCCCCCCCCCCCCCC)Oc3ccc(CCCCCCCCC)cc3)cc2C)c2cc(C(C)(C)C)c(OP(OCCCCCCCCCCCCCCCC)Oc3ccc(CCCCCCCCC)cc3)cc2C)cc1C(C)(C)C. The van der Waals surface area contributed by atoms with Gasteiger partial charge in [0, 0.05) is 22.6 Å². The third-order valence-corrected chi connectivity index (χ3v) is 32.8. The number of unbranched alkanes of at least 4 members (excludes halogenated alkanes) is 57. The summed E-state index contributed by atoms with van der Waals surface area (Å²) in [6.07, 6.45) is 86.2. The minimum Gasteiger partial charge on any atom is -0.418 e. The summed E-state index contributed by atoms with van der Waals surface area (Å²) in [6, 6.07) is 40.9. The van der Waals surface area contributed by atoms with Crippen LogP contribution in [0.1, 0.15) is 600 Å². The van der Waals surface area contributed by atoms with E-state index in [1.54, 1.807) is 0 Å². The molecule has 0 saturated carbocycles. The van der Waals surface area contributed by atoms with Crippen molar-refractivity contribution in [1.29, 1.82) is 0 Å². The molecule has 6 aromatic rings. The highest BCUT2D eigenvalue weighted by molar-refractivity contribution is 7.43. The molecule has 806 valence electrons. The summed E-state index contributed by atoms with van der Waals surface area (Å²) in [7, 11) is -5.54. The minimum atomic E-state index is -1.86. The Labute approximate surface area is 880 Å². The van der Waals surface area contributed by atoms with Gasteiger partial charge in [-0.05, 0) is 212 Å². The summed E-state index contributed by atoms with van der Waals surface area (Å²) < 4.78 is 63.9. The molecule has 4 atom stereocenters. The molecule has 12 heteroatoms. The maximum Gasteiger partial charge on any atom is 0.463 e. The van der Waals surface area contributed by atoms with Crippen LogP contribution in [-0.2, 0) is 49.1 Å². The highest BCUT2D eigenvalue weighted by atomic mass is 31.2. The van der Waals surface area contributed by atoms with E-state index in [1.165, 1.54) is 405 Å². The second-order valence-corrected chi connectivity index (χ2v) is 49.3. The van der Waals surface area contributed by atoms with Gasteiger partial charge in [-0.1, -0.05) is 531 Å². The lowest BCUT2D eigenvalue weighted by atomic mass is 9.74. The molecule has 0 bridgehead atoms. The largest absolute Gasteiger partial charge is 0.463 e. The van der Waals surface area contributed by atoms with Crippen molar-refractivity contribution >= 4 is 25.8 Å². The normalized spacial score (nSPS) is 13.1. The predicted octanol–water partition coefficient (Wildman–Crippen LogP) is 45.3. The Morgan fingerprint density at radius 1 is 0.218 bits per heavy atom. The van der Waals surface area contributed by atoms with Gasteiger partial charge in [-0.3, -0.25) is 13.6 Å². The molecule has 6 aromatic carbocycles. The molecule has 0 aromatic heterocycles. The van der Waals surface area contributed by atoms with Crippen LogP contribution in [0.2, 0.25) is 0 Å². The van der Waals surface area contributed by atoms with Crippen LogP contribution in [-0.4, -0.2) is 19.8 Å². The summed E-state index contributed by atoms with van der Waals surface area (Å²) in [5.74, 6) is 4.80. The molecule has 0 saturated heterocycles. The van der Waals surface area contributed by atoms with Crippen LogP contribution in [0.5, 0.6) is 34.5 Å². The average Bonchev–Trinajstić information content (AvgIpc) is 0.757. The van der Waals surface area contributed by atoms with E-state index in [4.69, 9.17) is 40.7 Å². The first-order chi connectivity index (χ1) is 68.9. The first-order valence-electron chi connectivity index (χ1n) is 60.0. The van der Waals surface area contributed by atoms with E-state index >= 15 is 0 Å². The third-order valence-electron chi connectivity index (χ3n) is 29.5. The molecular weight excluding hydrogens is 1800 g/mol. The van der Waals surface area contributed by atoms with Crippen LogP contribution >= 0.6 is 25.8 Å². The first kappa shape index (κ1) is 126. The van der Waals surface area contributed by atoms with Crippen molar-refractivity contribution in [3.63, 3.8) is 0 Å². The fourth-order valence-corrected chi connectivity index (χ4v) is 23.4. The molecule has 0 heterocycles. The number of rotatable bonds is 89. The second kappa shape index (κ2) is 77.6. The molecule has 4 unspecified atom stereocenters. The number of hydrogen-bond donors (Lipinski definition) is 0. The van der Waals surface area contributed by atoms with Crippen molar-refractivity contribution in [2.75, 3.05) is 19.8 Å². The van der Waals surface area contributed by atoms with Gasteiger partial charge >= 0.3 is 25.8 Å². The zero-order valence-electron chi connectivity index (χ0n) is 95.6. The number of aryl methyl sites for hydroxylation is 6. The van der Waals surface area contributed by atoms with Gasteiger partial charge in [-0.2, -0.15) is 0 Å². The zero-order valence-corrected chi connectivity index (χ0v) is 98.2. The summed E-state index contributed by atoms with van der Waals surface area (Å²) in [5, 5.41) is 0. The molecule has 0 aliphatic carbocycles. The maximum atomic E-state index is 7.41. The second-order valence-electron chi connectivity index (χ2n) is 46.1. The summed E-state index contributed by atoms with van der Waals surface area (Å²) in [6.45, 7) is 46.0. The highest BCUT2D eigenvalue weighted by Crippen LogP contribution is 2.53. The van der Waals surface area contributed by atoms with E-state index in [-0.39, 0.29) is 28.1 Å². The number of benzene rings is 6. The van der Waals surface area contributed by atoms with E-state index in [0.29, 0.717) is 19.8 Å². The van der Waals surface area contributed by atoms with Gasteiger partial charge in [0.15, 0.2) is 0 Å². The van der Waals surface area contributed by atoms with Crippen LogP contribution in [0.4, 0.5) is 0 Å². The Balaban J connectivity index is 1.41. The highest BCUT2D eigenvalue weighted by Gasteiger charge is 2.35. The number of hydrogen-bond acceptors (Lipinski definition) is 9. The van der Waals surface area contributed by atoms with Crippen molar-refractivity contribution in [3.05, 3.63) is 176 Å². The molecular formula is C130H217O9P3. The molecule has 0 amide bonds. The van der Waals surface area contributed by atoms with Gasteiger partial charge in [0.05, 0.1) is 19.8 Å². The molecule has 0 aliphatic heterocycles. The Morgan fingerprint density at radius 2 is 0.401 bits per heavy atom. The third kappa shape index (κ3) is 55.7. The van der Waals surface area contributed by atoms with E-state index in [9.17, 15) is 0 Å². The summed E-state index contributed by atoms with van der Waals surface area (Å²) in [5.41, 5.74) is 13.9. The summed E-state index contributed by atoms with van der Waals surface area (Å²) in [4.78, 5) is 0. The van der Waals surface area contributed by atoms with Crippen molar-refractivity contribution in [2.24, 2.45) is 0 Å². The van der Waals surface area contributed by atoms with Crippen molar-refractivity contribution in [3.8, 4) is 34.5 Å². The van der Waals surface area contributed by atoms with Gasteiger partial charge in [-0.15, -0.1) is 0 Å². The smallest absolute Gasteiger partial charge is 0.418 e. The van der Waals surface area contributed by atoms with Crippen molar-refractivity contribution < 1.29 is 40.7 Å². The first-order valence-corrected chi connectivity index (χ1v) is 63.3. The van der Waals surface area contributed by atoms with Gasteiger partial charge < -0.3 is 27.1 Å². The van der Waals surface area contributed by atoms with Crippen LogP contribution < -0.4 is 27.1 Å². The lowest BCUT2D eigenvalue weighted by molar-refractivity contribution is 0.256. The monoisotopic (exact) mass is 2020 g/mol. The Morgan fingerprint density at radius 3 is 0.606 bits per heavy atom. The van der Waals surface area contributed by atoms with Crippen LogP contribution in [0.3, 0.4) is 0 Å². The Kier molecular flexibility index (Phi) is 68.8. The van der Waals surface area contributed by atoms with Crippen LogP contribution in [0.25, 0.3) is 0 Å². The molecule has 0 N–H and O–H groups in total. The van der Waals surface area contributed by atoms with E-state index in [0.717, 1.165) is 127 Å². The minimum absolute atomic E-state index is 0.0776. The summed E-state index contributed by atoms with van der Waals surface area (Å²) >= 11 is 0. The van der Waals surface area contributed by atoms with E-state index in [1.807, 2.05) is 0 Å². The molecule has 0 spiro atoms. The van der Waals surface area contributed by atoms with Crippen LogP contribution in [0, 0.1) is 20.8 Å². The zero-order chi connectivity index (χ0) is 102. The molecule has 0 radical (unpaired) electrons. The van der Waals surface area contributed by atoms with Crippen molar-refractivity contribution in [2.45, 2.75) is 590 Å². The molecule has 142 heavy (non-hydrogen) atoms. The lowest BCUT2D eigenvalue weighted by Crippen LogP contribution is -2.19. The standard InChI is InChI=1S/C130H217O9P3/c1-20-26-32-38-44-47-50-53-56-59-62-68-74-80-98-131-140(134-115-92-86-112(87-93-115)83-77-71-65-41-35-29-23-4)137-125-102-109(8)118(105-122(125)128(11,12)13)108(7)101-121(119-106-123(129(14,15)16)126(103-110(119)9)138-141(132-99-81-75-69-63-60-57-54-51-48-45-39-33-27-21-2)135-116-94-88-113(89-95-116)84-78-72-66-42-36-30-24-5)120-107-124(130(17,18)19)127(104-111(120)10)139-142(133-100-82-76-70-64-61-58-55-52-49-46-40-34-28-22-3)136-117-96-90-114(91-97-117)85-79-73-67-43-37-31-25-6/h86-97,102-108,121H,20-85,98-101H2,1-19H3. The quantitative estimate of drug-likeness (QED) is 0.0274. The van der Waals surface area contributed by atoms with Gasteiger partial charge in [-0.25, -0.2) is 0 Å². The molecule has 9 nitrogen and oxygen atoms in total.